The molecule has 1 fully saturated rings. The van der Waals surface area contributed by atoms with Gasteiger partial charge in [-0.3, -0.25) is 0 Å². The molecule has 29 heavy (non-hydrogen) atoms. The van der Waals surface area contributed by atoms with Gasteiger partial charge in [0.25, 0.3) is 0 Å². The first kappa shape index (κ1) is 19.9. The molecule has 0 spiro atoms. The molecule has 0 saturated heterocycles. The summed E-state index contributed by atoms with van der Waals surface area (Å²) >= 11 is 0. The molecule has 154 valence electrons. The maximum Gasteiger partial charge on any atom is 0.159 e. The van der Waals surface area contributed by atoms with Crippen LogP contribution < -0.4 is 10.5 Å². The van der Waals surface area contributed by atoms with Gasteiger partial charge < -0.3 is 10.5 Å². The van der Waals surface area contributed by atoms with E-state index in [2.05, 4.69) is 44.2 Å². The second-order valence-corrected chi connectivity index (χ2v) is 8.47. The first-order valence-electron chi connectivity index (χ1n) is 10.9. The van der Waals surface area contributed by atoms with Crippen LogP contribution in [0.2, 0.25) is 0 Å². The van der Waals surface area contributed by atoms with Crippen molar-refractivity contribution in [3.05, 3.63) is 58.5 Å². The molecule has 2 aromatic heterocycles. The van der Waals surface area contributed by atoms with E-state index < -0.39 is 0 Å². The summed E-state index contributed by atoms with van der Waals surface area (Å²) in [6.45, 7) is 7.08. The number of rotatable bonds is 6. The molecule has 5 nitrogen and oxygen atoms in total. The molecule has 0 radical (unpaired) electrons. The molecular formula is C24H32N4O. The van der Waals surface area contributed by atoms with Gasteiger partial charge in [-0.2, -0.15) is 5.10 Å². The summed E-state index contributed by atoms with van der Waals surface area (Å²) in [5, 5.41) is 4.79. The number of nitrogens with two attached hydrogens (primary N) is 1. The van der Waals surface area contributed by atoms with Gasteiger partial charge in [0.2, 0.25) is 0 Å². The molecule has 0 atom stereocenters. The van der Waals surface area contributed by atoms with Crippen LogP contribution in [0.5, 0.6) is 5.75 Å². The highest BCUT2D eigenvalue weighted by atomic mass is 16.5. The largest absolute Gasteiger partial charge is 0.493 e. The lowest BCUT2D eigenvalue weighted by molar-refractivity contribution is 0.200. The molecule has 4 rings (SSSR count). The second kappa shape index (κ2) is 8.54. The van der Waals surface area contributed by atoms with Gasteiger partial charge in [0.05, 0.1) is 12.3 Å². The van der Waals surface area contributed by atoms with Crippen LogP contribution >= 0.6 is 0 Å². The van der Waals surface area contributed by atoms with Crippen LogP contribution in [0.25, 0.3) is 5.65 Å². The Morgan fingerprint density at radius 1 is 1.10 bits per heavy atom. The fourth-order valence-electron chi connectivity index (χ4n) is 4.35. The zero-order chi connectivity index (χ0) is 20.4. The molecule has 0 unspecified atom stereocenters. The highest BCUT2D eigenvalue weighted by molar-refractivity contribution is 5.53. The van der Waals surface area contributed by atoms with E-state index in [1.807, 2.05) is 11.4 Å². The standard InChI is InChI=1S/C24H32N4O/c1-4-23-22(24-26-16(2)13-17(3)28(24)27-23)14-18-7-11-21(12-8-18)29-15-19-5-9-20(25)10-6-19/h7-8,11-13,19-20H,4-6,9-10,14-15,25H2,1-3H3/t19-,20+. The number of fused-ring (bicyclic) bond motifs is 1. The number of aryl methyl sites for hydroxylation is 3. The van der Waals surface area contributed by atoms with E-state index >= 15 is 0 Å². The number of hydrogen-bond donors (Lipinski definition) is 1. The van der Waals surface area contributed by atoms with Crippen molar-refractivity contribution in [2.24, 2.45) is 11.7 Å². The Kier molecular flexibility index (Phi) is 5.86. The van der Waals surface area contributed by atoms with E-state index in [1.54, 1.807) is 0 Å². The molecule has 1 saturated carbocycles. The summed E-state index contributed by atoms with van der Waals surface area (Å²) < 4.78 is 8.03. The van der Waals surface area contributed by atoms with Gasteiger partial charge in [0.1, 0.15) is 5.75 Å². The Bertz CT molecular complexity index is 969. The van der Waals surface area contributed by atoms with E-state index in [4.69, 9.17) is 20.6 Å². The molecule has 0 aliphatic heterocycles. The van der Waals surface area contributed by atoms with E-state index in [0.29, 0.717) is 12.0 Å². The molecule has 3 aromatic rings. The van der Waals surface area contributed by atoms with E-state index in [1.165, 1.54) is 24.0 Å². The van der Waals surface area contributed by atoms with Gasteiger partial charge >= 0.3 is 0 Å². The molecule has 1 aromatic carbocycles. The first-order chi connectivity index (χ1) is 14.0. The summed E-state index contributed by atoms with van der Waals surface area (Å²) in [6, 6.07) is 11.0. The minimum Gasteiger partial charge on any atom is -0.493 e. The Labute approximate surface area is 173 Å². The summed E-state index contributed by atoms with van der Waals surface area (Å²) in [6.07, 6.45) is 6.35. The monoisotopic (exact) mass is 392 g/mol. The third kappa shape index (κ3) is 4.45. The molecular weight excluding hydrogens is 360 g/mol. The van der Waals surface area contributed by atoms with Gasteiger partial charge in [0, 0.05) is 29.4 Å². The SMILES string of the molecule is CCc1nn2c(C)cc(C)nc2c1Cc1ccc(OC[C@H]2CC[C@@H](N)CC2)cc1. The van der Waals surface area contributed by atoms with Crippen molar-refractivity contribution in [1.82, 2.24) is 14.6 Å². The van der Waals surface area contributed by atoms with Gasteiger partial charge in [-0.15, -0.1) is 0 Å². The predicted molar refractivity (Wildman–Crippen MR) is 117 cm³/mol. The van der Waals surface area contributed by atoms with Crippen LogP contribution in [-0.4, -0.2) is 27.2 Å². The summed E-state index contributed by atoms with van der Waals surface area (Å²) in [4.78, 5) is 4.77. The van der Waals surface area contributed by atoms with Gasteiger partial charge in [-0.05, 0) is 75.6 Å². The Morgan fingerprint density at radius 2 is 1.83 bits per heavy atom. The third-order valence-corrected chi connectivity index (χ3v) is 6.09. The molecule has 2 heterocycles. The zero-order valence-electron chi connectivity index (χ0n) is 17.8. The molecule has 1 aliphatic carbocycles. The van der Waals surface area contributed by atoms with Crippen molar-refractivity contribution < 1.29 is 4.74 Å². The highest BCUT2D eigenvalue weighted by Crippen LogP contribution is 2.25. The van der Waals surface area contributed by atoms with Crippen molar-refractivity contribution >= 4 is 5.65 Å². The maximum atomic E-state index is 6.05. The number of ether oxygens (including phenoxy) is 1. The van der Waals surface area contributed by atoms with Crippen LogP contribution in [0.15, 0.2) is 30.3 Å². The van der Waals surface area contributed by atoms with Crippen molar-refractivity contribution in [2.75, 3.05) is 6.61 Å². The number of nitrogens with zero attached hydrogens (tertiary/aromatic N) is 3. The van der Waals surface area contributed by atoms with Gasteiger partial charge in [0.15, 0.2) is 5.65 Å². The number of benzene rings is 1. The topological polar surface area (TPSA) is 65.4 Å². The van der Waals surface area contributed by atoms with Gasteiger partial charge in [-0.25, -0.2) is 9.50 Å². The predicted octanol–water partition coefficient (Wildman–Crippen LogP) is 4.40. The molecule has 5 heteroatoms. The van der Waals surface area contributed by atoms with Crippen LogP contribution in [0.1, 0.15) is 60.8 Å². The van der Waals surface area contributed by atoms with E-state index in [9.17, 15) is 0 Å². The Hall–Kier alpha value is -2.40. The minimum absolute atomic E-state index is 0.389. The molecule has 0 amide bonds. The summed E-state index contributed by atoms with van der Waals surface area (Å²) in [5.41, 5.74) is 12.7. The molecule has 2 N–H and O–H groups in total. The smallest absolute Gasteiger partial charge is 0.159 e. The fourth-order valence-corrected chi connectivity index (χ4v) is 4.35. The summed E-state index contributed by atoms with van der Waals surface area (Å²) in [7, 11) is 0. The van der Waals surface area contributed by atoms with Crippen molar-refractivity contribution in [3.8, 4) is 5.75 Å². The van der Waals surface area contributed by atoms with E-state index in [-0.39, 0.29) is 0 Å². The maximum absolute atomic E-state index is 6.05. The third-order valence-electron chi connectivity index (χ3n) is 6.09. The highest BCUT2D eigenvalue weighted by Gasteiger charge is 2.19. The van der Waals surface area contributed by atoms with Gasteiger partial charge in [-0.1, -0.05) is 19.1 Å². The van der Waals surface area contributed by atoms with Crippen molar-refractivity contribution in [1.29, 1.82) is 0 Å². The number of hydrogen-bond acceptors (Lipinski definition) is 4. The second-order valence-electron chi connectivity index (χ2n) is 8.47. The lowest BCUT2D eigenvalue weighted by Crippen LogP contribution is -2.28. The first-order valence-corrected chi connectivity index (χ1v) is 10.9. The minimum atomic E-state index is 0.389. The van der Waals surface area contributed by atoms with Crippen LogP contribution in [-0.2, 0) is 12.8 Å². The molecule has 0 bridgehead atoms. The van der Waals surface area contributed by atoms with Crippen molar-refractivity contribution in [3.63, 3.8) is 0 Å². The average Bonchev–Trinajstić information content (AvgIpc) is 3.06. The normalized spacial score (nSPS) is 19.6. The lowest BCUT2D eigenvalue weighted by Gasteiger charge is -2.25. The Morgan fingerprint density at radius 3 is 2.52 bits per heavy atom. The van der Waals surface area contributed by atoms with Crippen LogP contribution in [0.3, 0.4) is 0 Å². The van der Waals surface area contributed by atoms with E-state index in [0.717, 1.165) is 60.8 Å². The lowest BCUT2D eigenvalue weighted by atomic mass is 9.87. The Balaban J connectivity index is 1.46. The molecule has 1 aliphatic rings. The average molecular weight is 393 g/mol. The van der Waals surface area contributed by atoms with Crippen LogP contribution in [0, 0.1) is 19.8 Å². The number of aromatic nitrogens is 3. The fraction of sp³-hybridized carbons (Fsp3) is 0.500. The quantitative estimate of drug-likeness (QED) is 0.675. The van der Waals surface area contributed by atoms with Crippen molar-refractivity contribution in [2.45, 2.75) is 65.3 Å². The zero-order valence-corrected chi connectivity index (χ0v) is 17.8. The van der Waals surface area contributed by atoms with Crippen LogP contribution in [0.4, 0.5) is 0 Å². The summed E-state index contributed by atoms with van der Waals surface area (Å²) in [5.74, 6) is 1.59.